The zero-order valence-electron chi connectivity index (χ0n) is 15.6. The smallest absolute Gasteiger partial charge is 0.328 e. The maximum atomic E-state index is 12.9. The molecule has 8 heteroatoms. The number of carbonyl (C=O) groups excluding carboxylic acids is 2. The predicted octanol–water partition coefficient (Wildman–Crippen LogP) is 2.93. The molecule has 1 amide bonds. The van der Waals surface area contributed by atoms with Crippen molar-refractivity contribution in [2.45, 2.75) is 46.8 Å². The number of fused-ring (bicyclic) bond motifs is 1. The highest BCUT2D eigenvalue weighted by Gasteiger charge is 2.41. The van der Waals surface area contributed by atoms with Crippen molar-refractivity contribution >= 4 is 23.3 Å². The van der Waals surface area contributed by atoms with Crippen molar-refractivity contribution in [2.24, 2.45) is 11.8 Å². The summed E-state index contributed by atoms with van der Waals surface area (Å²) in [5, 5.41) is 11.1. The Bertz CT molecular complexity index is 716. The third kappa shape index (κ3) is 3.95. The van der Waals surface area contributed by atoms with Crippen LogP contribution in [0.2, 0.25) is 0 Å². The van der Waals surface area contributed by atoms with Crippen molar-refractivity contribution in [3.05, 3.63) is 28.3 Å². The van der Waals surface area contributed by atoms with E-state index in [1.54, 1.807) is 6.92 Å². The van der Waals surface area contributed by atoms with E-state index in [4.69, 9.17) is 9.47 Å². The van der Waals surface area contributed by atoms with Gasteiger partial charge in [0.1, 0.15) is 11.8 Å². The second-order valence-corrected chi connectivity index (χ2v) is 7.10. The minimum atomic E-state index is -0.924. The fourth-order valence-electron chi connectivity index (χ4n) is 2.65. The third-order valence-electron chi connectivity index (χ3n) is 4.04. The van der Waals surface area contributed by atoms with E-state index in [-0.39, 0.29) is 29.8 Å². The Morgan fingerprint density at radius 1 is 1.31 bits per heavy atom. The van der Waals surface area contributed by atoms with Crippen LogP contribution in [-0.4, -0.2) is 35.6 Å². The average Bonchev–Trinajstić information content (AvgIpc) is 2.57. The number of ether oxygens (including phenoxy) is 2. The molecule has 142 valence electrons. The number of carbonyl (C=O) groups is 2. The molecule has 8 nitrogen and oxygen atoms in total. The molecule has 2 unspecified atom stereocenters. The van der Waals surface area contributed by atoms with Crippen molar-refractivity contribution < 1.29 is 24.0 Å². The molecule has 2 atom stereocenters. The Balaban J connectivity index is 2.44. The fourth-order valence-corrected chi connectivity index (χ4v) is 2.65. The van der Waals surface area contributed by atoms with E-state index in [1.165, 1.54) is 23.1 Å². The molecule has 1 aliphatic heterocycles. The van der Waals surface area contributed by atoms with Crippen LogP contribution < -0.4 is 9.64 Å². The first-order valence-corrected chi connectivity index (χ1v) is 8.58. The number of nitro groups is 1. The highest BCUT2D eigenvalue weighted by Crippen LogP contribution is 2.39. The van der Waals surface area contributed by atoms with Crippen LogP contribution in [0.1, 0.15) is 34.6 Å². The van der Waals surface area contributed by atoms with E-state index in [0.29, 0.717) is 5.75 Å². The van der Waals surface area contributed by atoms with Gasteiger partial charge in [-0.3, -0.25) is 19.8 Å². The van der Waals surface area contributed by atoms with Crippen molar-refractivity contribution in [3.8, 4) is 5.75 Å². The number of esters is 1. The van der Waals surface area contributed by atoms with Gasteiger partial charge in [0.25, 0.3) is 11.6 Å². The summed E-state index contributed by atoms with van der Waals surface area (Å²) in [4.78, 5) is 37.1. The summed E-state index contributed by atoms with van der Waals surface area (Å²) in [6.07, 6.45) is -0.774. The molecule has 0 saturated heterocycles. The number of anilines is 1. The minimum Gasteiger partial charge on any atom is -0.478 e. The first-order valence-electron chi connectivity index (χ1n) is 8.58. The number of hydrogen-bond donors (Lipinski definition) is 0. The van der Waals surface area contributed by atoms with Crippen LogP contribution in [0.5, 0.6) is 5.75 Å². The molecule has 0 aliphatic carbocycles. The molecule has 2 rings (SSSR count). The van der Waals surface area contributed by atoms with Crippen LogP contribution in [0.25, 0.3) is 0 Å². The van der Waals surface area contributed by atoms with Gasteiger partial charge in [-0.05, 0) is 24.8 Å². The van der Waals surface area contributed by atoms with Gasteiger partial charge in [0, 0.05) is 12.1 Å². The number of amides is 1. The van der Waals surface area contributed by atoms with E-state index in [1.807, 2.05) is 27.7 Å². The molecule has 1 aromatic rings. The minimum absolute atomic E-state index is 0.132. The lowest BCUT2D eigenvalue weighted by atomic mass is 10.0. The molecule has 0 N–H and O–H groups in total. The molecular weight excluding hydrogens is 340 g/mol. The lowest BCUT2D eigenvalue weighted by Gasteiger charge is -2.38. The van der Waals surface area contributed by atoms with E-state index in [0.717, 1.165) is 0 Å². The standard InChI is InChI=1S/C18H24N2O6/c1-10(2)9-25-18(22)12(5)19-14-8-13(20(23)24)6-7-15(14)26-16(11(3)4)17(19)21/h6-8,10-12,16H,9H2,1-5H3. The number of non-ortho nitro benzene ring substituents is 1. The van der Waals surface area contributed by atoms with Crippen LogP contribution >= 0.6 is 0 Å². The number of benzene rings is 1. The topological polar surface area (TPSA) is 99.0 Å². The van der Waals surface area contributed by atoms with Crippen molar-refractivity contribution in [2.75, 3.05) is 11.5 Å². The first-order chi connectivity index (χ1) is 12.1. The van der Waals surface area contributed by atoms with Crippen LogP contribution in [0.15, 0.2) is 18.2 Å². The summed E-state index contributed by atoms with van der Waals surface area (Å²) in [6, 6.07) is 3.09. The largest absolute Gasteiger partial charge is 0.478 e. The maximum Gasteiger partial charge on any atom is 0.328 e. The van der Waals surface area contributed by atoms with Gasteiger partial charge in [0.05, 0.1) is 17.2 Å². The van der Waals surface area contributed by atoms with Crippen molar-refractivity contribution in [3.63, 3.8) is 0 Å². The quantitative estimate of drug-likeness (QED) is 0.437. The fraction of sp³-hybridized carbons (Fsp3) is 0.556. The molecule has 0 aromatic heterocycles. The van der Waals surface area contributed by atoms with Gasteiger partial charge in [-0.25, -0.2) is 4.79 Å². The van der Waals surface area contributed by atoms with Crippen molar-refractivity contribution in [1.29, 1.82) is 0 Å². The molecule has 0 spiro atoms. The monoisotopic (exact) mass is 364 g/mol. The summed E-state index contributed by atoms with van der Waals surface area (Å²) in [5.41, 5.74) is 0.0194. The van der Waals surface area contributed by atoms with Gasteiger partial charge in [-0.1, -0.05) is 27.7 Å². The SMILES string of the molecule is CC(C)COC(=O)C(C)N1C(=O)C(C(C)C)Oc2ccc([N+](=O)[O-])cc21. The Labute approximate surface area is 152 Å². The summed E-state index contributed by atoms with van der Waals surface area (Å²) >= 11 is 0. The lowest BCUT2D eigenvalue weighted by molar-refractivity contribution is -0.384. The number of rotatable bonds is 6. The maximum absolute atomic E-state index is 12.9. The molecule has 0 fully saturated rings. The molecule has 0 bridgehead atoms. The number of nitrogens with zero attached hydrogens (tertiary/aromatic N) is 2. The molecule has 0 saturated carbocycles. The molecule has 1 aromatic carbocycles. The van der Waals surface area contributed by atoms with Gasteiger partial charge in [-0.15, -0.1) is 0 Å². The van der Waals surface area contributed by atoms with Gasteiger partial charge in [0.15, 0.2) is 6.10 Å². The van der Waals surface area contributed by atoms with Crippen LogP contribution in [0.4, 0.5) is 11.4 Å². The van der Waals surface area contributed by atoms with Gasteiger partial charge in [-0.2, -0.15) is 0 Å². The first kappa shape index (κ1) is 19.7. The Hall–Kier alpha value is -2.64. The van der Waals surface area contributed by atoms with Gasteiger partial charge in [0.2, 0.25) is 0 Å². The number of nitro benzene ring substituents is 1. The zero-order valence-corrected chi connectivity index (χ0v) is 15.6. The average molecular weight is 364 g/mol. The van der Waals surface area contributed by atoms with Crippen LogP contribution in [0.3, 0.4) is 0 Å². The Morgan fingerprint density at radius 3 is 2.50 bits per heavy atom. The Morgan fingerprint density at radius 2 is 1.96 bits per heavy atom. The summed E-state index contributed by atoms with van der Waals surface area (Å²) in [7, 11) is 0. The lowest BCUT2D eigenvalue weighted by Crippen LogP contribution is -2.54. The molecule has 1 heterocycles. The molecule has 1 aliphatic rings. The second kappa shape index (κ2) is 7.72. The predicted molar refractivity (Wildman–Crippen MR) is 95.1 cm³/mol. The van der Waals surface area contributed by atoms with E-state index in [9.17, 15) is 19.7 Å². The summed E-state index contributed by atoms with van der Waals surface area (Å²) in [6.45, 7) is 9.26. The Kier molecular flexibility index (Phi) is 5.84. The normalized spacial score (nSPS) is 17.7. The second-order valence-electron chi connectivity index (χ2n) is 7.10. The molecular formula is C18H24N2O6. The van der Waals surface area contributed by atoms with Gasteiger partial charge < -0.3 is 9.47 Å². The molecule has 0 radical (unpaired) electrons. The van der Waals surface area contributed by atoms with Gasteiger partial charge >= 0.3 is 5.97 Å². The summed E-state index contributed by atoms with van der Waals surface area (Å²) < 4.78 is 11.0. The highest BCUT2D eigenvalue weighted by atomic mass is 16.6. The molecule has 26 heavy (non-hydrogen) atoms. The van der Waals surface area contributed by atoms with E-state index >= 15 is 0 Å². The third-order valence-corrected chi connectivity index (χ3v) is 4.04. The van der Waals surface area contributed by atoms with Crippen LogP contribution in [0, 0.1) is 22.0 Å². The summed E-state index contributed by atoms with van der Waals surface area (Å²) in [5.74, 6) is -0.621. The van der Waals surface area contributed by atoms with E-state index in [2.05, 4.69) is 0 Å². The van der Waals surface area contributed by atoms with Crippen molar-refractivity contribution in [1.82, 2.24) is 0 Å². The number of hydrogen-bond acceptors (Lipinski definition) is 6. The van der Waals surface area contributed by atoms with Crippen LogP contribution in [-0.2, 0) is 14.3 Å². The zero-order chi connectivity index (χ0) is 19.6. The van der Waals surface area contributed by atoms with E-state index < -0.39 is 28.9 Å². The highest BCUT2D eigenvalue weighted by molar-refractivity contribution is 6.04.